The van der Waals surface area contributed by atoms with Gasteiger partial charge >= 0.3 is 11.9 Å². The molecule has 0 aliphatic heterocycles. The molecule has 34 heavy (non-hydrogen) atoms. The molecule has 0 atom stereocenters. The Hall–Kier alpha value is -2.42. The predicted octanol–water partition coefficient (Wildman–Crippen LogP) is 6.64. The maximum absolute atomic E-state index is 11.2. The van der Waals surface area contributed by atoms with Crippen molar-refractivity contribution in [3.63, 3.8) is 0 Å². The van der Waals surface area contributed by atoms with Gasteiger partial charge in [0.05, 0.1) is 9.85 Å². The molecule has 2 rings (SSSR count). The molecule has 0 aromatic heterocycles. The number of nitrogens with zero attached hydrogens (tertiary/aromatic N) is 2. The van der Waals surface area contributed by atoms with E-state index in [1.54, 1.807) is 33.7 Å². The number of rotatable bonds is 15. The highest BCUT2D eigenvalue weighted by molar-refractivity contribution is 8.77. The van der Waals surface area contributed by atoms with E-state index in [4.69, 9.17) is 10.2 Å². The van der Waals surface area contributed by atoms with E-state index in [0.29, 0.717) is 9.79 Å². The third-order valence-electron chi connectivity index (χ3n) is 4.31. The molecule has 0 amide bonds. The van der Waals surface area contributed by atoms with Gasteiger partial charge in [-0.05, 0) is 37.1 Å². The molecule has 0 saturated carbocycles. The zero-order valence-corrected chi connectivity index (χ0v) is 20.8. The maximum Gasteiger partial charge on any atom is 0.342 e. The number of nitro benzene ring substituents is 2. The predicted molar refractivity (Wildman–Crippen MR) is 135 cm³/mol. The summed E-state index contributed by atoms with van der Waals surface area (Å²) in [5.74, 6) is -0.948. The fourth-order valence-corrected chi connectivity index (χ4v) is 7.00. The number of unbranched alkanes of at least 4 members (excludes halogenated alkanes) is 3. The van der Waals surface area contributed by atoms with Gasteiger partial charge in [0.15, 0.2) is 0 Å². The van der Waals surface area contributed by atoms with Crippen molar-refractivity contribution in [2.75, 3.05) is 11.5 Å². The van der Waals surface area contributed by atoms with Gasteiger partial charge in [0.25, 0.3) is 11.4 Å². The Labute approximate surface area is 210 Å². The van der Waals surface area contributed by atoms with Gasteiger partial charge in [0.1, 0.15) is 11.1 Å². The Kier molecular flexibility index (Phi) is 11.5. The summed E-state index contributed by atoms with van der Waals surface area (Å²) in [6, 6.07) is 8.14. The minimum atomic E-state index is -1.33. The quantitative estimate of drug-likeness (QED) is 0.106. The second-order valence-electron chi connectivity index (χ2n) is 6.71. The van der Waals surface area contributed by atoms with Gasteiger partial charge in [-0.2, -0.15) is 0 Å². The third-order valence-corrected chi connectivity index (χ3v) is 9.21. The van der Waals surface area contributed by atoms with E-state index in [2.05, 4.69) is 0 Å². The number of carboxylic acid groups (broad SMARTS) is 2. The minimum Gasteiger partial charge on any atom is -0.477 e. The zero-order chi connectivity index (χ0) is 25.1. The Bertz CT molecular complexity index is 983. The number of aromatic carboxylic acids is 2. The Morgan fingerprint density at radius 1 is 0.706 bits per heavy atom. The smallest absolute Gasteiger partial charge is 0.342 e. The minimum absolute atomic E-state index is 0.320. The molecule has 2 aromatic rings. The van der Waals surface area contributed by atoms with E-state index in [1.165, 1.54) is 45.9 Å². The Morgan fingerprint density at radius 2 is 1.09 bits per heavy atom. The fourth-order valence-electron chi connectivity index (χ4n) is 2.69. The summed E-state index contributed by atoms with van der Waals surface area (Å²) in [5, 5.41) is 40.0. The molecule has 2 N–H and O–H groups in total. The van der Waals surface area contributed by atoms with Crippen LogP contribution in [0.2, 0.25) is 0 Å². The van der Waals surface area contributed by atoms with Crippen LogP contribution < -0.4 is 0 Å². The SMILES string of the molecule is O=C(O)c1cc(SSCCCCCCSSc2ccc([N+](=O)[O-])c(C(=O)O)c2)ccc1[N+](=O)[O-]. The second-order valence-corrected chi connectivity index (χ2v) is 11.7. The first-order valence-corrected chi connectivity index (χ1v) is 14.5. The van der Waals surface area contributed by atoms with E-state index in [0.717, 1.165) is 37.2 Å². The largest absolute Gasteiger partial charge is 0.477 e. The van der Waals surface area contributed by atoms with Crippen LogP contribution in [0, 0.1) is 20.2 Å². The summed E-state index contributed by atoms with van der Waals surface area (Å²) in [6.07, 6.45) is 3.97. The maximum atomic E-state index is 11.2. The Morgan fingerprint density at radius 3 is 1.41 bits per heavy atom. The third kappa shape index (κ3) is 8.74. The van der Waals surface area contributed by atoms with Crippen molar-refractivity contribution < 1.29 is 29.6 Å². The van der Waals surface area contributed by atoms with Crippen LogP contribution in [0.15, 0.2) is 46.2 Å². The number of benzene rings is 2. The van der Waals surface area contributed by atoms with E-state index in [1.807, 2.05) is 0 Å². The van der Waals surface area contributed by atoms with Crippen molar-refractivity contribution in [2.24, 2.45) is 0 Å². The number of carboxylic acids is 2. The number of hydrogen-bond acceptors (Lipinski definition) is 10. The van der Waals surface area contributed by atoms with Crippen LogP contribution in [0.4, 0.5) is 11.4 Å². The zero-order valence-electron chi connectivity index (χ0n) is 17.6. The van der Waals surface area contributed by atoms with Crippen molar-refractivity contribution in [3.05, 3.63) is 67.8 Å². The van der Waals surface area contributed by atoms with Gasteiger partial charge in [-0.25, -0.2) is 9.59 Å². The van der Waals surface area contributed by atoms with Gasteiger partial charge in [0.2, 0.25) is 0 Å². The van der Waals surface area contributed by atoms with Crippen molar-refractivity contribution >= 4 is 66.5 Å². The molecular weight excluding hydrogens is 524 g/mol. The van der Waals surface area contributed by atoms with E-state index in [9.17, 15) is 29.8 Å². The van der Waals surface area contributed by atoms with Crippen molar-refractivity contribution in [2.45, 2.75) is 35.5 Å². The monoisotopic (exact) mass is 544 g/mol. The topological polar surface area (TPSA) is 161 Å². The van der Waals surface area contributed by atoms with Gasteiger partial charge in [0, 0.05) is 33.4 Å². The van der Waals surface area contributed by atoms with Gasteiger partial charge in [-0.1, -0.05) is 56.0 Å². The van der Waals surface area contributed by atoms with Crippen LogP contribution in [-0.4, -0.2) is 43.5 Å². The van der Waals surface area contributed by atoms with Crippen LogP contribution >= 0.6 is 43.2 Å². The lowest BCUT2D eigenvalue weighted by molar-refractivity contribution is -0.385. The van der Waals surface area contributed by atoms with Crippen LogP contribution in [0.25, 0.3) is 0 Å². The first-order chi connectivity index (χ1) is 16.2. The number of carbonyl (C=O) groups is 2. The molecule has 0 fully saturated rings. The normalized spacial score (nSPS) is 10.7. The first-order valence-electron chi connectivity index (χ1n) is 9.83. The molecule has 0 unspecified atom stereocenters. The molecular formula is C20H20N2O8S4. The summed E-state index contributed by atoms with van der Waals surface area (Å²) in [4.78, 5) is 44.1. The highest BCUT2D eigenvalue weighted by Crippen LogP contribution is 2.36. The second kappa shape index (κ2) is 14.1. The lowest BCUT2D eigenvalue weighted by atomic mass is 10.2. The van der Waals surface area contributed by atoms with E-state index in [-0.39, 0.29) is 11.1 Å². The lowest BCUT2D eigenvalue weighted by Crippen LogP contribution is -2.02. The highest BCUT2D eigenvalue weighted by Gasteiger charge is 2.21. The van der Waals surface area contributed by atoms with Gasteiger partial charge in [-0.3, -0.25) is 20.2 Å². The molecule has 0 heterocycles. The van der Waals surface area contributed by atoms with Crippen molar-refractivity contribution in [3.8, 4) is 0 Å². The first kappa shape index (κ1) is 27.8. The average molecular weight is 545 g/mol. The molecule has 0 spiro atoms. The standard InChI is InChI=1S/C20H20N2O8S4/c23-19(24)15-11-13(5-7-17(15)21(27)28)33-31-9-3-1-2-4-10-32-34-14-6-8-18(22(29)30)16(12-14)20(25)26/h5-8,11-12H,1-4,9-10H2,(H,23,24)(H,25,26). The molecule has 0 saturated heterocycles. The summed E-state index contributed by atoms with van der Waals surface area (Å²) in [6.45, 7) is 0. The summed E-state index contributed by atoms with van der Waals surface area (Å²) < 4.78 is 0. The molecule has 10 nitrogen and oxygen atoms in total. The summed E-state index contributed by atoms with van der Waals surface area (Å²) >= 11 is 0. The molecule has 0 bridgehead atoms. The number of hydrogen-bond donors (Lipinski definition) is 2. The molecule has 0 aliphatic carbocycles. The van der Waals surface area contributed by atoms with E-state index >= 15 is 0 Å². The van der Waals surface area contributed by atoms with Gasteiger partial charge < -0.3 is 10.2 Å². The molecule has 0 radical (unpaired) electrons. The Balaban J connectivity index is 1.62. The number of nitro groups is 2. The molecule has 182 valence electrons. The molecule has 2 aromatic carbocycles. The molecule has 14 heteroatoms. The summed E-state index contributed by atoms with van der Waals surface area (Å²) in [5.41, 5.74) is -1.49. The van der Waals surface area contributed by atoms with Crippen LogP contribution in [-0.2, 0) is 0 Å². The fraction of sp³-hybridized carbons (Fsp3) is 0.300. The lowest BCUT2D eigenvalue weighted by Gasteiger charge is -2.05. The van der Waals surface area contributed by atoms with Crippen molar-refractivity contribution in [1.82, 2.24) is 0 Å². The van der Waals surface area contributed by atoms with Crippen LogP contribution in [0.5, 0.6) is 0 Å². The van der Waals surface area contributed by atoms with E-state index < -0.39 is 33.2 Å². The van der Waals surface area contributed by atoms with Crippen molar-refractivity contribution in [1.29, 1.82) is 0 Å². The average Bonchev–Trinajstić information content (AvgIpc) is 2.79. The molecule has 0 aliphatic rings. The van der Waals surface area contributed by atoms with Crippen LogP contribution in [0.1, 0.15) is 46.4 Å². The van der Waals surface area contributed by atoms with Crippen LogP contribution in [0.3, 0.4) is 0 Å². The summed E-state index contributed by atoms with van der Waals surface area (Å²) in [7, 11) is 5.90. The highest BCUT2D eigenvalue weighted by atomic mass is 33.1. The van der Waals surface area contributed by atoms with Gasteiger partial charge in [-0.15, -0.1) is 0 Å².